The first-order valence-corrected chi connectivity index (χ1v) is 6.62. The van der Waals surface area contributed by atoms with Gasteiger partial charge < -0.3 is 5.73 Å². The minimum atomic E-state index is 0.339. The predicted molar refractivity (Wildman–Crippen MR) is 72.9 cm³/mol. The Morgan fingerprint density at radius 2 is 2.12 bits per heavy atom. The summed E-state index contributed by atoms with van der Waals surface area (Å²) in [4.78, 5) is 2.52. The Morgan fingerprint density at radius 1 is 1.35 bits per heavy atom. The van der Waals surface area contributed by atoms with E-state index in [0.717, 1.165) is 13.0 Å². The van der Waals surface area contributed by atoms with Gasteiger partial charge in [0, 0.05) is 25.2 Å². The van der Waals surface area contributed by atoms with Crippen molar-refractivity contribution in [3.8, 4) is 0 Å². The van der Waals surface area contributed by atoms with Crippen molar-refractivity contribution in [3.63, 3.8) is 0 Å². The lowest BCUT2D eigenvalue weighted by atomic mass is 9.93. The number of nitrogens with zero attached hydrogens (tertiary/aromatic N) is 1. The number of hydrogen-bond donors (Lipinski definition) is 1. The standard InChI is InChI=1S/C15H24N2/c1-11-5-4-6-14(7-11)13(3)17-9-12(2)8-15(16)10-17/h4-7,12-13,15H,8-10,16H2,1-3H3. The zero-order chi connectivity index (χ0) is 12.4. The summed E-state index contributed by atoms with van der Waals surface area (Å²) >= 11 is 0. The Labute approximate surface area is 105 Å². The van der Waals surface area contributed by atoms with E-state index in [9.17, 15) is 0 Å². The highest BCUT2D eigenvalue weighted by molar-refractivity contribution is 5.24. The van der Waals surface area contributed by atoms with Gasteiger partial charge in [0.05, 0.1) is 0 Å². The fourth-order valence-corrected chi connectivity index (χ4v) is 2.90. The smallest absolute Gasteiger partial charge is 0.0320 e. The Bertz CT molecular complexity index is 365. The fourth-order valence-electron chi connectivity index (χ4n) is 2.90. The number of aryl methyl sites for hydroxylation is 1. The predicted octanol–water partition coefficient (Wildman–Crippen LogP) is 2.73. The summed E-state index contributed by atoms with van der Waals surface area (Å²) in [6, 6.07) is 9.63. The van der Waals surface area contributed by atoms with Crippen molar-refractivity contribution in [3.05, 3.63) is 35.4 Å². The summed E-state index contributed by atoms with van der Waals surface area (Å²) in [5.41, 5.74) is 8.87. The summed E-state index contributed by atoms with van der Waals surface area (Å²) in [5, 5.41) is 0. The molecule has 3 atom stereocenters. The summed E-state index contributed by atoms with van der Waals surface area (Å²) in [6.45, 7) is 8.94. The van der Waals surface area contributed by atoms with E-state index in [2.05, 4.69) is 49.9 Å². The first-order valence-electron chi connectivity index (χ1n) is 6.62. The topological polar surface area (TPSA) is 29.3 Å². The van der Waals surface area contributed by atoms with Gasteiger partial charge in [0.2, 0.25) is 0 Å². The average molecular weight is 232 g/mol. The molecular formula is C15H24N2. The van der Waals surface area contributed by atoms with Crippen LogP contribution in [-0.4, -0.2) is 24.0 Å². The normalized spacial score (nSPS) is 28.0. The molecule has 2 rings (SSSR count). The van der Waals surface area contributed by atoms with Crippen LogP contribution in [0, 0.1) is 12.8 Å². The van der Waals surface area contributed by atoms with Crippen molar-refractivity contribution >= 4 is 0 Å². The van der Waals surface area contributed by atoms with E-state index >= 15 is 0 Å². The van der Waals surface area contributed by atoms with E-state index < -0.39 is 0 Å². The molecule has 0 aromatic heterocycles. The van der Waals surface area contributed by atoms with Gasteiger partial charge in [-0.05, 0) is 31.7 Å². The first kappa shape index (κ1) is 12.6. The number of benzene rings is 1. The maximum Gasteiger partial charge on any atom is 0.0320 e. The molecule has 94 valence electrons. The molecule has 2 heteroatoms. The molecule has 1 aromatic rings. The molecule has 1 aromatic carbocycles. The third-order valence-electron chi connectivity index (χ3n) is 3.79. The molecule has 0 amide bonds. The monoisotopic (exact) mass is 232 g/mol. The minimum Gasteiger partial charge on any atom is -0.327 e. The molecule has 0 spiro atoms. The Kier molecular flexibility index (Phi) is 3.85. The number of likely N-dealkylation sites (tertiary alicyclic amines) is 1. The third kappa shape index (κ3) is 3.08. The van der Waals surface area contributed by atoms with E-state index in [1.54, 1.807) is 0 Å². The van der Waals surface area contributed by atoms with Crippen molar-refractivity contribution < 1.29 is 0 Å². The van der Waals surface area contributed by atoms with Gasteiger partial charge in [0.25, 0.3) is 0 Å². The lowest BCUT2D eigenvalue weighted by Gasteiger charge is -2.38. The van der Waals surface area contributed by atoms with E-state index in [-0.39, 0.29) is 0 Å². The van der Waals surface area contributed by atoms with Gasteiger partial charge in [0.1, 0.15) is 0 Å². The SMILES string of the molecule is Cc1cccc(C(C)N2CC(C)CC(N)C2)c1. The van der Waals surface area contributed by atoms with Gasteiger partial charge in [-0.2, -0.15) is 0 Å². The summed E-state index contributed by atoms with van der Waals surface area (Å²) in [6.07, 6.45) is 1.16. The van der Waals surface area contributed by atoms with Crippen LogP contribution < -0.4 is 5.73 Å². The molecule has 2 N–H and O–H groups in total. The number of rotatable bonds is 2. The van der Waals surface area contributed by atoms with Crippen molar-refractivity contribution in [1.29, 1.82) is 0 Å². The van der Waals surface area contributed by atoms with Crippen LogP contribution in [0.5, 0.6) is 0 Å². The van der Waals surface area contributed by atoms with Gasteiger partial charge in [-0.1, -0.05) is 36.8 Å². The number of nitrogens with two attached hydrogens (primary N) is 1. The zero-order valence-electron chi connectivity index (χ0n) is 11.2. The van der Waals surface area contributed by atoms with Gasteiger partial charge in [-0.3, -0.25) is 4.90 Å². The quantitative estimate of drug-likeness (QED) is 0.849. The molecule has 1 heterocycles. The Hall–Kier alpha value is -0.860. The van der Waals surface area contributed by atoms with Gasteiger partial charge in [0.15, 0.2) is 0 Å². The lowest BCUT2D eigenvalue weighted by molar-refractivity contribution is 0.124. The maximum atomic E-state index is 6.12. The van der Waals surface area contributed by atoms with E-state index in [0.29, 0.717) is 18.0 Å². The molecule has 1 saturated heterocycles. The molecular weight excluding hydrogens is 208 g/mol. The largest absolute Gasteiger partial charge is 0.327 e. The fraction of sp³-hybridized carbons (Fsp3) is 0.600. The van der Waals surface area contributed by atoms with Gasteiger partial charge in [-0.25, -0.2) is 0 Å². The lowest BCUT2D eigenvalue weighted by Crippen LogP contribution is -2.47. The highest BCUT2D eigenvalue weighted by Gasteiger charge is 2.26. The van der Waals surface area contributed by atoms with E-state index in [4.69, 9.17) is 5.73 Å². The summed E-state index contributed by atoms with van der Waals surface area (Å²) in [5.74, 6) is 0.714. The molecule has 1 aliphatic heterocycles. The molecule has 1 aliphatic rings. The van der Waals surface area contributed by atoms with Crippen molar-refractivity contribution in [2.45, 2.75) is 39.3 Å². The van der Waals surface area contributed by atoms with Crippen LogP contribution in [0.4, 0.5) is 0 Å². The number of hydrogen-bond acceptors (Lipinski definition) is 2. The molecule has 1 fully saturated rings. The van der Waals surface area contributed by atoms with Crippen LogP contribution in [-0.2, 0) is 0 Å². The number of piperidine rings is 1. The molecule has 0 saturated carbocycles. The van der Waals surface area contributed by atoms with Crippen molar-refractivity contribution in [2.24, 2.45) is 11.7 Å². The van der Waals surface area contributed by atoms with Gasteiger partial charge >= 0.3 is 0 Å². The first-order chi connectivity index (χ1) is 8.06. The molecule has 2 nitrogen and oxygen atoms in total. The summed E-state index contributed by atoms with van der Waals surface area (Å²) < 4.78 is 0. The van der Waals surface area contributed by atoms with Crippen LogP contribution >= 0.6 is 0 Å². The Balaban J connectivity index is 2.11. The second kappa shape index (κ2) is 5.19. The molecule has 0 bridgehead atoms. The Morgan fingerprint density at radius 3 is 2.76 bits per heavy atom. The minimum absolute atomic E-state index is 0.339. The average Bonchev–Trinajstić information content (AvgIpc) is 2.26. The molecule has 0 aliphatic carbocycles. The van der Waals surface area contributed by atoms with Crippen LogP contribution in [0.25, 0.3) is 0 Å². The third-order valence-corrected chi connectivity index (χ3v) is 3.79. The van der Waals surface area contributed by atoms with Crippen LogP contribution in [0.1, 0.15) is 37.4 Å². The van der Waals surface area contributed by atoms with E-state index in [1.807, 2.05) is 0 Å². The molecule has 3 unspecified atom stereocenters. The van der Waals surface area contributed by atoms with E-state index in [1.165, 1.54) is 17.7 Å². The highest BCUT2D eigenvalue weighted by atomic mass is 15.2. The molecule has 17 heavy (non-hydrogen) atoms. The van der Waals surface area contributed by atoms with Crippen LogP contribution in [0.3, 0.4) is 0 Å². The van der Waals surface area contributed by atoms with Crippen molar-refractivity contribution in [1.82, 2.24) is 4.90 Å². The molecule has 0 radical (unpaired) electrons. The second-order valence-electron chi connectivity index (χ2n) is 5.64. The second-order valence-corrected chi connectivity index (χ2v) is 5.64. The zero-order valence-corrected chi connectivity index (χ0v) is 11.2. The van der Waals surface area contributed by atoms with Gasteiger partial charge in [-0.15, -0.1) is 0 Å². The summed E-state index contributed by atoms with van der Waals surface area (Å²) in [7, 11) is 0. The maximum absolute atomic E-state index is 6.12. The van der Waals surface area contributed by atoms with Crippen LogP contribution in [0.15, 0.2) is 24.3 Å². The van der Waals surface area contributed by atoms with Crippen molar-refractivity contribution in [2.75, 3.05) is 13.1 Å². The highest BCUT2D eigenvalue weighted by Crippen LogP contribution is 2.26. The van der Waals surface area contributed by atoms with Crippen LogP contribution in [0.2, 0.25) is 0 Å².